The molecule has 0 bridgehead atoms. The Kier molecular flexibility index (Phi) is 4.88. The highest BCUT2D eigenvalue weighted by atomic mass is 16.2. The fraction of sp³-hybridized carbons (Fsp3) is 0.333. The molecule has 0 saturated heterocycles. The average molecular weight is 301 g/mol. The Morgan fingerprint density at radius 2 is 1.95 bits per heavy atom. The van der Waals surface area contributed by atoms with Crippen LogP contribution in [0.25, 0.3) is 0 Å². The van der Waals surface area contributed by atoms with Gasteiger partial charge < -0.3 is 10.6 Å². The van der Waals surface area contributed by atoms with Gasteiger partial charge >= 0.3 is 0 Å². The lowest BCUT2D eigenvalue weighted by Gasteiger charge is -2.08. The summed E-state index contributed by atoms with van der Waals surface area (Å²) in [6, 6.07) is 5.82. The Balaban J connectivity index is 1.96. The summed E-state index contributed by atoms with van der Waals surface area (Å²) in [4.78, 5) is 23.3. The van der Waals surface area contributed by atoms with E-state index >= 15 is 0 Å². The summed E-state index contributed by atoms with van der Waals surface area (Å²) < 4.78 is 1.38. The van der Waals surface area contributed by atoms with Gasteiger partial charge in [0.25, 0.3) is 0 Å². The van der Waals surface area contributed by atoms with Crippen molar-refractivity contribution in [3.63, 3.8) is 0 Å². The summed E-state index contributed by atoms with van der Waals surface area (Å²) in [6.07, 6.45) is 1.88. The van der Waals surface area contributed by atoms with Crippen molar-refractivity contribution < 1.29 is 9.59 Å². The minimum absolute atomic E-state index is 0.0301. The number of amides is 2. The normalized spacial score (nSPS) is 10.3. The van der Waals surface area contributed by atoms with Gasteiger partial charge in [-0.1, -0.05) is 29.8 Å². The van der Waals surface area contributed by atoms with Crippen LogP contribution in [0, 0.1) is 13.8 Å². The first-order chi connectivity index (χ1) is 10.5. The first kappa shape index (κ1) is 15.7. The van der Waals surface area contributed by atoms with Crippen LogP contribution in [0.1, 0.15) is 24.5 Å². The van der Waals surface area contributed by atoms with E-state index in [-0.39, 0.29) is 18.4 Å². The molecule has 0 aliphatic rings. The lowest BCUT2D eigenvalue weighted by Crippen LogP contribution is -2.19. The van der Waals surface area contributed by atoms with Crippen LogP contribution in [0.4, 0.5) is 11.5 Å². The smallest absolute Gasteiger partial charge is 0.246 e. The number of hydrogen-bond acceptors (Lipinski definition) is 4. The molecule has 7 nitrogen and oxygen atoms in total. The van der Waals surface area contributed by atoms with Crippen LogP contribution in [0.2, 0.25) is 0 Å². The van der Waals surface area contributed by atoms with Crippen molar-refractivity contribution in [2.45, 2.75) is 33.7 Å². The minimum Gasteiger partial charge on any atom is -0.324 e. The van der Waals surface area contributed by atoms with Crippen molar-refractivity contribution in [2.75, 3.05) is 10.6 Å². The van der Waals surface area contributed by atoms with Gasteiger partial charge in [0.05, 0.1) is 6.20 Å². The number of carbonyl (C=O) groups excluding carboxylic acids is 2. The second kappa shape index (κ2) is 6.84. The van der Waals surface area contributed by atoms with Crippen molar-refractivity contribution in [1.82, 2.24) is 15.0 Å². The van der Waals surface area contributed by atoms with Crippen molar-refractivity contribution in [2.24, 2.45) is 0 Å². The van der Waals surface area contributed by atoms with E-state index in [2.05, 4.69) is 20.9 Å². The summed E-state index contributed by atoms with van der Waals surface area (Å²) in [6.45, 7) is 5.72. The summed E-state index contributed by atoms with van der Waals surface area (Å²) in [5.41, 5.74) is 2.92. The highest BCUT2D eigenvalue weighted by Gasteiger charge is 2.09. The van der Waals surface area contributed by atoms with Gasteiger partial charge in [-0.05, 0) is 25.5 Å². The van der Waals surface area contributed by atoms with Gasteiger partial charge in [0.1, 0.15) is 6.54 Å². The molecule has 7 heteroatoms. The van der Waals surface area contributed by atoms with Gasteiger partial charge in [-0.3, -0.25) is 9.59 Å². The molecule has 116 valence electrons. The van der Waals surface area contributed by atoms with Crippen molar-refractivity contribution in [3.8, 4) is 0 Å². The zero-order valence-electron chi connectivity index (χ0n) is 12.9. The van der Waals surface area contributed by atoms with Crippen molar-refractivity contribution >= 4 is 23.3 Å². The second-order valence-corrected chi connectivity index (χ2v) is 5.07. The molecule has 22 heavy (non-hydrogen) atoms. The Bertz CT molecular complexity index is 693. The van der Waals surface area contributed by atoms with Gasteiger partial charge in [-0.15, -0.1) is 5.10 Å². The number of aryl methyl sites for hydroxylation is 2. The lowest BCUT2D eigenvalue weighted by atomic mass is 10.1. The number of carbonyl (C=O) groups is 2. The number of nitrogens with zero attached hydrogens (tertiary/aromatic N) is 3. The standard InChI is InChI=1S/C15H19N5O2/c1-4-14(21)17-13-8-20(19-18-13)9-15(22)16-12-6-5-10(2)7-11(12)3/h5-8H,4,9H2,1-3H3,(H,16,22)(H,17,21). The fourth-order valence-corrected chi connectivity index (χ4v) is 1.95. The molecule has 0 aliphatic heterocycles. The van der Waals surface area contributed by atoms with Crippen LogP contribution in [-0.4, -0.2) is 26.8 Å². The molecule has 2 aromatic rings. The second-order valence-electron chi connectivity index (χ2n) is 5.07. The predicted molar refractivity (Wildman–Crippen MR) is 83.5 cm³/mol. The first-order valence-corrected chi connectivity index (χ1v) is 7.05. The molecule has 1 aromatic carbocycles. The Hall–Kier alpha value is -2.70. The quantitative estimate of drug-likeness (QED) is 0.882. The molecule has 0 radical (unpaired) electrons. The SMILES string of the molecule is CCC(=O)Nc1cn(CC(=O)Nc2ccc(C)cc2C)nn1. The summed E-state index contributed by atoms with van der Waals surface area (Å²) in [5, 5.41) is 13.0. The van der Waals surface area contributed by atoms with E-state index < -0.39 is 0 Å². The van der Waals surface area contributed by atoms with Crippen LogP contribution in [0.15, 0.2) is 24.4 Å². The van der Waals surface area contributed by atoms with Gasteiger partial charge in [-0.2, -0.15) is 0 Å². The van der Waals surface area contributed by atoms with Crippen LogP contribution < -0.4 is 10.6 Å². The van der Waals surface area contributed by atoms with E-state index in [1.54, 1.807) is 6.92 Å². The number of nitrogens with one attached hydrogen (secondary N) is 2. The predicted octanol–water partition coefficient (Wildman–Crippen LogP) is 1.88. The monoisotopic (exact) mass is 301 g/mol. The number of rotatable bonds is 5. The molecule has 0 atom stereocenters. The van der Waals surface area contributed by atoms with E-state index in [9.17, 15) is 9.59 Å². The maximum atomic E-state index is 12.0. The third-order valence-electron chi connectivity index (χ3n) is 3.09. The maximum Gasteiger partial charge on any atom is 0.246 e. The van der Waals surface area contributed by atoms with Crippen LogP contribution in [-0.2, 0) is 16.1 Å². The Labute approximate surface area is 128 Å². The molecule has 1 aromatic heterocycles. The molecule has 1 heterocycles. The van der Waals surface area contributed by atoms with Gasteiger partial charge in [0.2, 0.25) is 11.8 Å². The highest BCUT2D eigenvalue weighted by Crippen LogP contribution is 2.16. The molecule has 0 fully saturated rings. The van der Waals surface area contributed by atoms with Crippen molar-refractivity contribution in [3.05, 3.63) is 35.5 Å². The minimum atomic E-state index is -0.203. The van der Waals surface area contributed by atoms with E-state index in [0.717, 1.165) is 16.8 Å². The molecule has 2 N–H and O–H groups in total. The highest BCUT2D eigenvalue weighted by molar-refractivity contribution is 5.91. The van der Waals surface area contributed by atoms with Gasteiger partial charge in [0, 0.05) is 12.1 Å². The topological polar surface area (TPSA) is 88.9 Å². The summed E-state index contributed by atoms with van der Waals surface area (Å²) in [5.74, 6) is -0.0110. The van der Waals surface area contributed by atoms with Gasteiger partial charge in [-0.25, -0.2) is 4.68 Å². The fourth-order valence-electron chi connectivity index (χ4n) is 1.95. The summed E-state index contributed by atoms with van der Waals surface area (Å²) in [7, 11) is 0. The van der Waals surface area contributed by atoms with Crippen LogP contribution in [0.3, 0.4) is 0 Å². The number of hydrogen-bond donors (Lipinski definition) is 2. The lowest BCUT2D eigenvalue weighted by molar-refractivity contribution is -0.117. The molecule has 2 rings (SSSR count). The number of anilines is 2. The maximum absolute atomic E-state index is 12.0. The number of aromatic nitrogens is 3. The zero-order valence-corrected chi connectivity index (χ0v) is 12.9. The van der Waals surface area contributed by atoms with Crippen molar-refractivity contribution in [1.29, 1.82) is 0 Å². The molecular formula is C15H19N5O2. The third-order valence-corrected chi connectivity index (χ3v) is 3.09. The molecule has 2 amide bonds. The zero-order chi connectivity index (χ0) is 16.1. The molecule has 0 unspecified atom stereocenters. The van der Waals surface area contributed by atoms with E-state index in [1.807, 2.05) is 32.0 Å². The van der Waals surface area contributed by atoms with Gasteiger partial charge in [0.15, 0.2) is 5.82 Å². The molecule has 0 spiro atoms. The third kappa shape index (κ3) is 4.15. The summed E-state index contributed by atoms with van der Waals surface area (Å²) >= 11 is 0. The van der Waals surface area contributed by atoms with E-state index in [1.165, 1.54) is 10.9 Å². The molecule has 0 saturated carbocycles. The van der Waals surface area contributed by atoms with Crippen LogP contribution in [0.5, 0.6) is 0 Å². The average Bonchev–Trinajstić information content (AvgIpc) is 2.88. The first-order valence-electron chi connectivity index (χ1n) is 7.05. The van der Waals surface area contributed by atoms with Crippen LogP contribution >= 0.6 is 0 Å². The van der Waals surface area contributed by atoms with E-state index in [0.29, 0.717) is 12.2 Å². The Morgan fingerprint density at radius 3 is 2.64 bits per heavy atom. The Morgan fingerprint density at radius 1 is 1.18 bits per heavy atom. The largest absolute Gasteiger partial charge is 0.324 e. The molecular weight excluding hydrogens is 282 g/mol. The molecule has 0 aliphatic carbocycles. The number of benzene rings is 1. The van der Waals surface area contributed by atoms with E-state index in [4.69, 9.17) is 0 Å².